The van der Waals surface area contributed by atoms with Gasteiger partial charge >= 0.3 is 0 Å². The van der Waals surface area contributed by atoms with E-state index in [0.717, 1.165) is 66.4 Å². The lowest BCUT2D eigenvalue weighted by Gasteiger charge is -2.34. The minimum Gasteiger partial charge on any atom is -0.369 e. The van der Waals surface area contributed by atoms with Crippen LogP contribution in [0.5, 0.6) is 0 Å². The predicted molar refractivity (Wildman–Crippen MR) is 155 cm³/mol. The van der Waals surface area contributed by atoms with Crippen LogP contribution in [-0.2, 0) is 17.8 Å². The number of aromatic amines is 1. The molecule has 1 saturated heterocycles. The second kappa shape index (κ2) is 9.71. The summed E-state index contributed by atoms with van der Waals surface area (Å²) in [7, 11) is 2.17. The predicted octanol–water partition coefficient (Wildman–Crippen LogP) is 5.11. The number of carbonyl (C=O) groups is 1. The first-order valence-electron chi connectivity index (χ1n) is 13.3. The van der Waals surface area contributed by atoms with E-state index in [9.17, 15) is 4.79 Å². The average molecular weight is 530 g/mol. The van der Waals surface area contributed by atoms with Crippen molar-refractivity contribution in [2.45, 2.75) is 33.7 Å². The second-order valence-electron chi connectivity index (χ2n) is 11.4. The summed E-state index contributed by atoms with van der Waals surface area (Å²) < 4.78 is 0. The van der Waals surface area contributed by atoms with Gasteiger partial charge in [0, 0.05) is 72.5 Å². The lowest BCUT2D eigenvalue weighted by Crippen LogP contribution is -2.44. The van der Waals surface area contributed by atoms with Crippen LogP contribution in [0.25, 0.3) is 21.6 Å². The molecular weight excluding hydrogens is 494 g/mol. The van der Waals surface area contributed by atoms with Gasteiger partial charge in [-0.15, -0.1) is 11.3 Å². The highest BCUT2D eigenvalue weighted by molar-refractivity contribution is 7.15. The third kappa shape index (κ3) is 4.88. The van der Waals surface area contributed by atoms with Gasteiger partial charge in [0.1, 0.15) is 5.65 Å². The highest BCUT2D eigenvalue weighted by Gasteiger charge is 2.31. The van der Waals surface area contributed by atoms with Crippen LogP contribution >= 0.6 is 11.3 Å². The van der Waals surface area contributed by atoms with Crippen LogP contribution in [0.4, 0.5) is 17.3 Å². The summed E-state index contributed by atoms with van der Waals surface area (Å²) in [4.78, 5) is 35.1. The van der Waals surface area contributed by atoms with Gasteiger partial charge in [-0.1, -0.05) is 20.8 Å². The molecule has 0 bridgehead atoms. The summed E-state index contributed by atoms with van der Waals surface area (Å²) in [6.07, 6.45) is 2.79. The number of piperazine rings is 1. The molecule has 1 fully saturated rings. The molecule has 0 unspecified atom stereocenters. The standard InChI is InChI=1S/C29H35N7OS/c1-29(2,3)27(37)36-12-10-23-19(18-36)17-24(38-23)25-22-9-11-30-26(22)33-28(32-25)31-20-5-7-21(8-6-20)35-15-13-34(4)14-16-35/h5-9,11,17H,10,12-16,18H2,1-4H3,(H2,30,31,32,33). The van der Waals surface area contributed by atoms with E-state index in [1.807, 2.05) is 37.9 Å². The van der Waals surface area contributed by atoms with E-state index in [4.69, 9.17) is 9.97 Å². The van der Waals surface area contributed by atoms with Crippen molar-refractivity contribution in [2.75, 3.05) is 50.0 Å². The van der Waals surface area contributed by atoms with Gasteiger partial charge in [-0.2, -0.15) is 4.98 Å². The van der Waals surface area contributed by atoms with Crippen LogP contribution in [0.1, 0.15) is 31.2 Å². The lowest BCUT2D eigenvalue weighted by molar-refractivity contribution is -0.140. The van der Waals surface area contributed by atoms with Crippen molar-refractivity contribution in [3.63, 3.8) is 0 Å². The molecule has 5 heterocycles. The van der Waals surface area contributed by atoms with Crippen molar-refractivity contribution in [1.82, 2.24) is 24.8 Å². The first kappa shape index (κ1) is 24.9. The van der Waals surface area contributed by atoms with Crippen LogP contribution in [0.15, 0.2) is 42.6 Å². The number of anilines is 3. The second-order valence-corrected chi connectivity index (χ2v) is 12.5. The van der Waals surface area contributed by atoms with Gasteiger partial charge in [-0.3, -0.25) is 4.79 Å². The zero-order valence-corrected chi connectivity index (χ0v) is 23.4. The summed E-state index contributed by atoms with van der Waals surface area (Å²) in [5.74, 6) is 0.772. The van der Waals surface area contributed by atoms with Gasteiger partial charge in [0.2, 0.25) is 11.9 Å². The van der Waals surface area contributed by atoms with E-state index in [1.165, 1.54) is 16.1 Å². The number of aromatic nitrogens is 3. The van der Waals surface area contributed by atoms with E-state index in [-0.39, 0.29) is 11.3 Å². The number of likely N-dealkylation sites (N-methyl/N-ethyl adjacent to an activating group) is 1. The summed E-state index contributed by atoms with van der Waals surface area (Å²) in [5.41, 5.74) is 4.78. The third-order valence-electron chi connectivity index (χ3n) is 7.44. The molecule has 0 atom stereocenters. The number of nitrogens with one attached hydrogen (secondary N) is 2. The minimum absolute atomic E-state index is 0.205. The molecule has 4 aromatic rings. The number of fused-ring (bicyclic) bond motifs is 2. The van der Waals surface area contributed by atoms with Crippen molar-refractivity contribution in [3.8, 4) is 10.6 Å². The Kier molecular flexibility index (Phi) is 6.36. The van der Waals surface area contributed by atoms with E-state index < -0.39 is 0 Å². The topological polar surface area (TPSA) is 80.4 Å². The van der Waals surface area contributed by atoms with Gasteiger partial charge in [-0.05, 0) is 55.4 Å². The maximum absolute atomic E-state index is 12.9. The summed E-state index contributed by atoms with van der Waals surface area (Å²) in [6, 6.07) is 12.8. The molecule has 9 heteroatoms. The highest BCUT2D eigenvalue weighted by atomic mass is 32.1. The van der Waals surface area contributed by atoms with E-state index in [0.29, 0.717) is 12.5 Å². The van der Waals surface area contributed by atoms with E-state index in [2.05, 4.69) is 57.5 Å². The molecule has 0 radical (unpaired) electrons. The maximum atomic E-state index is 12.9. The van der Waals surface area contributed by atoms with Crippen LogP contribution < -0.4 is 10.2 Å². The quantitative estimate of drug-likeness (QED) is 0.382. The molecule has 0 saturated carbocycles. The van der Waals surface area contributed by atoms with Gasteiger partial charge in [0.25, 0.3) is 0 Å². The summed E-state index contributed by atoms with van der Waals surface area (Å²) >= 11 is 1.78. The highest BCUT2D eigenvalue weighted by Crippen LogP contribution is 2.38. The number of nitrogens with zero attached hydrogens (tertiary/aromatic N) is 5. The Morgan fingerprint density at radius 3 is 2.53 bits per heavy atom. The summed E-state index contributed by atoms with van der Waals surface area (Å²) in [5, 5.41) is 4.42. The number of hydrogen-bond acceptors (Lipinski definition) is 7. The fraction of sp³-hybridized carbons (Fsp3) is 0.414. The molecule has 0 aliphatic carbocycles. The van der Waals surface area contributed by atoms with Gasteiger partial charge < -0.3 is 25.0 Å². The fourth-order valence-electron chi connectivity index (χ4n) is 5.23. The van der Waals surface area contributed by atoms with Crippen molar-refractivity contribution >= 4 is 45.6 Å². The van der Waals surface area contributed by atoms with Crippen LogP contribution in [0.3, 0.4) is 0 Å². The van der Waals surface area contributed by atoms with Crippen molar-refractivity contribution in [3.05, 3.63) is 53.0 Å². The van der Waals surface area contributed by atoms with Crippen molar-refractivity contribution in [2.24, 2.45) is 5.41 Å². The molecule has 0 spiro atoms. The molecule has 2 N–H and O–H groups in total. The number of hydrogen-bond donors (Lipinski definition) is 2. The Hall–Kier alpha value is -3.43. The molecule has 38 heavy (non-hydrogen) atoms. The SMILES string of the molecule is CN1CCN(c2ccc(Nc3nc(-c4cc5c(s4)CCN(C(=O)C(C)(C)C)C5)c4cc[nH]c4n3)cc2)CC1. The molecule has 1 aromatic carbocycles. The van der Waals surface area contributed by atoms with Gasteiger partial charge in [0.05, 0.1) is 10.6 Å². The number of rotatable bonds is 4. The molecule has 1 amide bonds. The zero-order chi connectivity index (χ0) is 26.4. The Bertz CT molecular complexity index is 1460. The largest absolute Gasteiger partial charge is 0.369 e. The Morgan fingerprint density at radius 1 is 1.03 bits per heavy atom. The van der Waals surface area contributed by atoms with Crippen molar-refractivity contribution < 1.29 is 4.79 Å². The number of amides is 1. The number of carbonyl (C=O) groups excluding carboxylic acids is 1. The van der Waals surface area contributed by atoms with Crippen LogP contribution in [0, 0.1) is 5.41 Å². The third-order valence-corrected chi connectivity index (χ3v) is 8.68. The molecule has 2 aliphatic rings. The Morgan fingerprint density at radius 2 is 1.79 bits per heavy atom. The van der Waals surface area contributed by atoms with Crippen LogP contribution in [-0.4, -0.2) is 70.4 Å². The summed E-state index contributed by atoms with van der Waals surface area (Å²) in [6.45, 7) is 11.7. The monoisotopic (exact) mass is 529 g/mol. The van der Waals surface area contributed by atoms with Crippen molar-refractivity contribution in [1.29, 1.82) is 0 Å². The first-order valence-corrected chi connectivity index (χ1v) is 14.1. The molecule has 6 rings (SSSR count). The first-order chi connectivity index (χ1) is 18.2. The van der Waals surface area contributed by atoms with E-state index in [1.54, 1.807) is 11.3 Å². The van der Waals surface area contributed by atoms with E-state index >= 15 is 0 Å². The number of benzene rings is 1. The average Bonchev–Trinajstić information content (AvgIpc) is 3.55. The minimum atomic E-state index is -0.371. The zero-order valence-electron chi connectivity index (χ0n) is 22.5. The normalized spacial score (nSPS) is 16.6. The smallest absolute Gasteiger partial charge is 0.229 e. The molecule has 2 aliphatic heterocycles. The molecule has 8 nitrogen and oxygen atoms in total. The lowest BCUT2D eigenvalue weighted by atomic mass is 9.93. The van der Waals surface area contributed by atoms with Gasteiger partial charge in [-0.25, -0.2) is 4.98 Å². The molecular formula is C29H35N7OS. The Labute approximate surface area is 227 Å². The van der Waals surface area contributed by atoms with Crippen LogP contribution in [0.2, 0.25) is 0 Å². The Balaban J connectivity index is 1.25. The number of H-pyrrole nitrogens is 1. The number of thiophene rings is 1. The molecule has 3 aromatic heterocycles. The van der Waals surface area contributed by atoms with Gasteiger partial charge in [0.15, 0.2) is 0 Å². The maximum Gasteiger partial charge on any atom is 0.229 e. The fourth-order valence-corrected chi connectivity index (χ4v) is 6.40. The molecule has 198 valence electrons.